The fraction of sp³-hybridized carbons (Fsp3) is 1.00. The Kier molecular flexibility index (Phi) is 7.14. The SMILES string of the molecule is CCCNCCCC(C)N(CC1CC1)C(C)C. The van der Waals surface area contributed by atoms with Crippen LogP contribution >= 0.6 is 0 Å². The first-order chi connectivity index (χ1) is 8.15. The molecule has 102 valence electrons. The van der Waals surface area contributed by atoms with Crippen LogP contribution in [0.3, 0.4) is 0 Å². The van der Waals surface area contributed by atoms with Crippen molar-refractivity contribution in [2.75, 3.05) is 19.6 Å². The molecule has 2 nitrogen and oxygen atoms in total. The maximum absolute atomic E-state index is 3.49. The molecule has 0 aromatic carbocycles. The molecule has 0 saturated heterocycles. The minimum Gasteiger partial charge on any atom is -0.317 e. The largest absolute Gasteiger partial charge is 0.317 e. The lowest BCUT2D eigenvalue weighted by Crippen LogP contribution is -2.40. The molecule has 0 heterocycles. The highest BCUT2D eigenvalue weighted by Gasteiger charge is 2.27. The van der Waals surface area contributed by atoms with Crippen molar-refractivity contribution in [2.24, 2.45) is 5.92 Å². The summed E-state index contributed by atoms with van der Waals surface area (Å²) >= 11 is 0. The third-order valence-corrected chi connectivity index (χ3v) is 3.80. The second-order valence-corrected chi connectivity index (χ2v) is 5.98. The molecule has 1 N–H and O–H groups in total. The highest BCUT2D eigenvalue weighted by atomic mass is 15.2. The van der Waals surface area contributed by atoms with Gasteiger partial charge in [-0.25, -0.2) is 0 Å². The van der Waals surface area contributed by atoms with Crippen molar-refractivity contribution >= 4 is 0 Å². The van der Waals surface area contributed by atoms with Gasteiger partial charge < -0.3 is 5.32 Å². The zero-order chi connectivity index (χ0) is 12.7. The van der Waals surface area contributed by atoms with E-state index in [2.05, 4.69) is 37.9 Å². The van der Waals surface area contributed by atoms with Crippen molar-refractivity contribution in [3.05, 3.63) is 0 Å². The minimum atomic E-state index is 0.703. The molecule has 1 aliphatic rings. The average Bonchev–Trinajstić information content (AvgIpc) is 3.08. The molecule has 0 aromatic heterocycles. The molecule has 0 aromatic rings. The van der Waals surface area contributed by atoms with Crippen molar-refractivity contribution in [2.45, 2.75) is 71.9 Å². The van der Waals surface area contributed by atoms with E-state index in [0.29, 0.717) is 6.04 Å². The number of nitrogens with one attached hydrogen (secondary N) is 1. The molecule has 0 bridgehead atoms. The summed E-state index contributed by atoms with van der Waals surface area (Å²) in [6, 6.07) is 1.45. The maximum atomic E-state index is 3.49. The zero-order valence-corrected chi connectivity index (χ0v) is 12.3. The van der Waals surface area contributed by atoms with E-state index >= 15 is 0 Å². The van der Waals surface area contributed by atoms with Crippen LogP contribution in [0.2, 0.25) is 0 Å². The summed E-state index contributed by atoms with van der Waals surface area (Å²) in [6.45, 7) is 13.0. The Bertz CT molecular complexity index is 187. The van der Waals surface area contributed by atoms with E-state index in [9.17, 15) is 0 Å². The second kappa shape index (κ2) is 8.10. The zero-order valence-electron chi connectivity index (χ0n) is 12.3. The smallest absolute Gasteiger partial charge is 0.00702 e. The van der Waals surface area contributed by atoms with Gasteiger partial charge >= 0.3 is 0 Å². The molecule has 1 aliphatic carbocycles. The highest BCUT2D eigenvalue weighted by Crippen LogP contribution is 2.31. The van der Waals surface area contributed by atoms with Crippen LogP contribution in [-0.4, -0.2) is 36.6 Å². The molecule has 0 spiro atoms. The predicted molar refractivity (Wildman–Crippen MR) is 76.4 cm³/mol. The number of hydrogen-bond acceptors (Lipinski definition) is 2. The van der Waals surface area contributed by atoms with Gasteiger partial charge in [0.1, 0.15) is 0 Å². The molecule has 0 amide bonds. The Morgan fingerprint density at radius 2 is 1.88 bits per heavy atom. The standard InChI is InChI=1S/C15H32N2/c1-5-10-16-11-6-7-14(4)17(13(2)3)12-15-8-9-15/h13-16H,5-12H2,1-4H3. The molecule has 17 heavy (non-hydrogen) atoms. The van der Waals surface area contributed by atoms with Gasteiger partial charge in [-0.2, -0.15) is 0 Å². The maximum Gasteiger partial charge on any atom is 0.00702 e. The Labute approximate surface area is 108 Å². The summed E-state index contributed by atoms with van der Waals surface area (Å²) in [5.74, 6) is 1.01. The molecule has 0 aliphatic heterocycles. The minimum absolute atomic E-state index is 0.703. The van der Waals surface area contributed by atoms with Crippen LogP contribution < -0.4 is 5.32 Å². The van der Waals surface area contributed by atoms with Crippen molar-refractivity contribution < 1.29 is 0 Å². The van der Waals surface area contributed by atoms with E-state index in [4.69, 9.17) is 0 Å². The fourth-order valence-electron chi connectivity index (χ4n) is 2.49. The van der Waals surface area contributed by atoms with E-state index in [1.54, 1.807) is 0 Å². The predicted octanol–water partition coefficient (Wildman–Crippen LogP) is 3.28. The van der Waals surface area contributed by atoms with Crippen LogP contribution in [-0.2, 0) is 0 Å². The number of nitrogens with zero attached hydrogens (tertiary/aromatic N) is 1. The monoisotopic (exact) mass is 240 g/mol. The third kappa shape index (κ3) is 6.42. The topological polar surface area (TPSA) is 15.3 Å². The van der Waals surface area contributed by atoms with Crippen molar-refractivity contribution in [3.8, 4) is 0 Å². The van der Waals surface area contributed by atoms with Crippen molar-refractivity contribution in [1.82, 2.24) is 10.2 Å². The highest BCUT2D eigenvalue weighted by molar-refractivity contribution is 4.81. The van der Waals surface area contributed by atoms with Crippen molar-refractivity contribution in [3.63, 3.8) is 0 Å². The van der Waals surface area contributed by atoms with E-state index in [-0.39, 0.29) is 0 Å². The van der Waals surface area contributed by atoms with E-state index in [0.717, 1.165) is 12.0 Å². The van der Waals surface area contributed by atoms with Gasteiger partial charge in [-0.1, -0.05) is 6.92 Å². The Morgan fingerprint density at radius 1 is 1.18 bits per heavy atom. The number of rotatable bonds is 10. The second-order valence-electron chi connectivity index (χ2n) is 5.98. The first kappa shape index (κ1) is 15.0. The first-order valence-corrected chi connectivity index (χ1v) is 7.61. The fourth-order valence-corrected chi connectivity index (χ4v) is 2.49. The molecule has 0 radical (unpaired) electrons. The molecule has 1 saturated carbocycles. The summed E-state index contributed by atoms with van der Waals surface area (Å²) in [5, 5.41) is 3.49. The van der Waals surface area contributed by atoms with Gasteiger partial charge in [-0.3, -0.25) is 4.90 Å². The van der Waals surface area contributed by atoms with Gasteiger partial charge in [0.05, 0.1) is 0 Å². The van der Waals surface area contributed by atoms with Gasteiger partial charge in [-0.15, -0.1) is 0 Å². The molecular formula is C15H32N2. The van der Waals surface area contributed by atoms with Crippen LogP contribution in [0.1, 0.15) is 59.8 Å². The van der Waals surface area contributed by atoms with Crippen molar-refractivity contribution in [1.29, 1.82) is 0 Å². The molecule has 1 unspecified atom stereocenters. The molecule has 2 heteroatoms. The first-order valence-electron chi connectivity index (χ1n) is 7.61. The summed E-state index contributed by atoms with van der Waals surface area (Å²) in [5.41, 5.74) is 0. The molecular weight excluding hydrogens is 208 g/mol. The summed E-state index contributed by atoms with van der Waals surface area (Å²) in [7, 11) is 0. The van der Waals surface area contributed by atoms with E-state index in [1.165, 1.54) is 51.7 Å². The summed E-state index contributed by atoms with van der Waals surface area (Å²) in [4.78, 5) is 2.71. The van der Waals surface area contributed by atoms with Crippen LogP contribution in [0.4, 0.5) is 0 Å². The van der Waals surface area contributed by atoms with Gasteiger partial charge in [0, 0.05) is 18.6 Å². The Balaban J connectivity index is 2.14. The van der Waals surface area contributed by atoms with Gasteiger partial charge in [0.25, 0.3) is 0 Å². The number of hydrogen-bond donors (Lipinski definition) is 1. The lowest BCUT2D eigenvalue weighted by atomic mass is 10.1. The summed E-state index contributed by atoms with van der Waals surface area (Å²) in [6.07, 6.45) is 6.83. The van der Waals surface area contributed by atoms with Crippen LogP contribution in [0.15, 0.2) is 0 Å². The van der Waals surface area contributed by atoms with E-state index < -0.39 is 0 Å². The van der Waals surface area contributed by atoms with Crippen LogP contribution in [0.25, 0.3) is 0 Å². The quantitative estimate of drug-likeness (QED) is 0.590. The normalized spacial score (nSPS) is 18.0. The van der Waals surface area contributed by atoms with Gasteiger partial charge in [-0.05, 0) is 71.9 Å². The van der Waals surface area contributed by atoms with Crippen LogP contribution in [0.5, 0.6) is 0 Å². The van der Waals surface area contributed by atoms with Gasteiger partial charge in [0.2, 0.25) is 0 Å². The lowest BCUT2D eigenvalue weighted by molar-refractivity contribution is 0.147. The third-order valence-electron chi connectivity index (χ3n) is 3.80. The Morgan fingerprint density at radius 3 is 2.41 bits per heavy atom. The van der Waals surface area contributed by atoms with E-state index in [1.807, 2.05) is 0 Å². The lowest BCUT2D eigenvalue weighted by Gasteiger charge is -2.33. The van der Waals surface area contributed by atoms with Crippen LogP contribution in [0, 0.1) is 5.92 Å². The molecule has 1 atom stereocenters. The molecule has 1 fully saturated rings. The average molecular weight is 240 g/mol. The summed E-state index contributed by atoms with van der Waals surface area (Å²) < 4.78 is 0. The Hall–Kier alpha value is -0.0800. The van der Waals surface area contributed by atoms with Gasteiger partial charge in [0.15, 0.2) is 0 Å². The molecule has 1 rings (SSSR count).